The summed E-state index contributed by atoms with van der Waals surface area (Å²) in [5.41, 5.74) is 0.471. The van der Waals surface area contributed by atoms with E-state index in [-0.39, 0.29) is 11.4 Å². The van der Waals surface area contributed by atoms with Crippen molar-refractivity contribution in [1.29, 1.82) is 0 Å². The van der Waals surface area contributed by atoms with Crippen molar-refractivity contribution in [1.82, 2.24) is 0 Å². The van der Waals surface area contributed by atoms with Crippen LogP contribution in [0.15, 0.2) is 18.2 Å². The van der Waals surface area contributed by atoms with E-state index >= 15 is 0 Å². The monoisotopic (exact) mass is 245 g/mol. The Balaban J connectivity index is 3.12. The molecule has 1 rings (SSSR count). The zero-order valence-electron chi connectivity index (χ0n) is 8.91. The molecule has 1 unspecified atom stereocenters. The third-order valence-electron chi connectivity index (χ3n) is 1.90. The number of nitrogens with zero attached hydrogens (tertiary/aromatic N) is 1. The first kappa shape index (κ1) is 12.7. The molecule has 0 bridgehead atoms. The Labute approximate surface area is 92.5 Å². The van der Waals surface area contributed by atoms with Crippen molar-refractivity contribution >= 4 is 13.3 Å². The smallest absolute Gasteiger partial charge is 0.373 e. The predicted molar refractivity (Wildman–Crippen MR) is 58.9 cm³/mol. The van der Waals surface area contributed by atoms with Gasteiger partial charge >= 0.3 is 7.60 Å². The van der Waals surface area contributed by atoms with Gasteiger partial charge in [-0.1, -0.05) is 6.92 Å². The van der Waals surface area contributed by atoms with Crippen LogP contribution in [0.2, 0.25) is 0 Å². The van der Waals surface area contributed by atoms with Crippen LogP contribution < -0.4 is 4.52 Å². The summed E-state index contributed by atoms with van der Waals surface area (Å²) >= 11 is 0. The fraction of sp³-hybridized carbons (Fsp3) is 0.333. The lowest BCUT2D eigenvalue weighted by Gasteiger charge is -2.11. The zero-order chi connectivity index (χ0) is 12.3. The molecule has 16 heavy (non-hydrogen) atoms. The second-order valence-electron chi connectivity index (χ2n) is 3.30. The van der Waals surface area contributed by atoms with E-state index in [0.29, 0.717) is 12.0 Å². The van der Waals surface area contributed by atoms with Crippen molar-refractivity contribution in [3.8, 4) is 5.75 Å². The van der Waals surface area contributed by atoms with Gasteiger partial charge in [-0.3, -0.25) is 10.1 Å². The van der Waals surface area contributed by atoms with Crippen molar-refractivity contribution in [2.75, 3.05) is 6.66 Å². The van der Waals surface area contributed by atoms with Crippen LogP contribution in [-0.2, 0) is 11.0 Å². The fourth-order valence-corrected chi connectivity index (χ4v) is 1.77. The van der Waals surface area contributed by atoms with Crippen LogP contribution in [0.4, 0.5) is 5.69 Å². The number of nitro groups is 1. The lowest BCUT2D eigenvalue weighted by molar-refractivity contribution is -0.384. The number of nitro benzene ring substituents is 1. The van der Waals surface area contributed by atoms with Gasteiger partial charge in [-0.25, -0.2) is 4.57 Å². The first-order valence-electron chi connectivity index (χ1n) is 4.60. The van der Waals surface area contributed by atoms with E-state index in [0.717, 1.165) is 6.66 Å². The topological polar surface area (TPSA) is 89.7 Å². The molecule has 1 N–H and O–H groups in total. The van der Waals surface area contributed by atoms with Crippen LogP contribution >= 0.6 is 7.60 Å². The second-order valence-corrected chi connectivity index (χ2v) is 5.09. The maximum absolute atomic E-state index is 11.1. The third kappa shape index (κ3) is 3.32. The molecule has 0 aliphatic heterocycles. The molecule has 0 spiro atoms. The molecule has 0 radical (unpaired) electrons. The molecule has 6 nitrogen and oxygen atoms in total. The van der Waals surface area contributed by atoms with Crippen LogP contribution in [-0.4, -0.2) is 16.5 Å². The molecule has 0 aromatic heterocycles. The molecule has 7 heteroatoms. The Hall–Kier alpha value is -1.39. The van der Waals surface area contributed by atoms with E-state index in [1.807, 2.05) is 0 Å². The lowest BCUT2D eigenvalue weighted by atomic mass is 10.1. The molecular weight excluding hydrogens is 233 g/mol. The Morgan fingerprint density at radius 1 is 1.56 bits per heavy atom. The molecule has 0 aliphatic carbocycles. The summed E-state index contributed by atoms with van der Waals surface area (Å²) in [6.07, 6.45) is 0.483. The minimum absolute atomic E-state index is 0.0620. The normalized spacial score (nSPS) is 14.2. The molecule has 1 atom stereocenters. The largest absolute Gasteiger partial charge is 0.424 e. The van der Waals surface area contributed by atoms with Gasteiger partial charge in [0.2, 0.25) is 0 Å². The summed E-state index contributed by atoms with van der Waals surface area (Å²) in [6, 6.07) is 3.92. The molecule has 0 heterocycles. The highest BCUT2D eigenvalue weighted by Gasteiger charge is 2.16. The Kier molecular flexibility index (Phi) is 3.67. The summed E-state index contributed by atoms with van der Waals surface area (Å²) in [5.74, 6) is 0.210. The molecule has 1 aromatic rings. The summed E-state index contributed by atoms with van der Waals surface area (Å²) in [4.78, 5) is 19.1. The standard InChI is InChI=1S/C9H12NO5P/c1-3-7-6-8(10(11)12)4-5-9(7)15-16(2,13)14/h4-6H,3H2,1-2H3,(H,13,14). The summed E-state index contributed by atoms with van der Waals surface area (Å²) in [6.45, 7) is 2.84. The van der Waals surface area contributed by atoms with E-state index in [1.54, 1.807) is 6.92 Å². The Morgan fingerprint density at radius 2 is 2.19 bits per heavy atom. The van der Waals surface area contributed by atoms with Gasteiger partial charge in [0.05, 0.1) is 4.92 Å². The second kappa shape index (κ2) is 4.63. The van der Waals surface area contributed by atoms with Crippen LogP contribution in [0, 0.1) is 10.1 Å². The van der Waals surface area contributed by atoms with Crippen molar-refractivity contribution < 1.29 is 18.9 Å². The van der Waals surface area contributed by atoms with Gasteiger partial charge in [0.25, 0.3) is 5.69 Å². The molecular formula is C9H12NO5P. The molecule has 88 valence electrons. The summed E-state index contributed by atoms with van der Waals surface area (Å²) < 4.78 is 15.9. The first-order valence-corrected chi connectivity index (χ1v) is 6.63. The Morgan fingerprint density at radius 3 is 2.62 bits per heavy atom. The minimum Gasteiger partial charge on any atom is -0.424 e. The van der Waals surface area contributed by atoms with E-state index in [9.17, 15) is 14.7 Å². The number of rotatable bonds is 4. The van der Waals surface area contributed by atoms with Crippen molar-refractivity contribution in [2.45, 2.75) is 13.3 Å². The van der Waals surface area contributed by atoms with Crippen molar-refractivity contribution in [3.63, 3.8) is 0 Å². The maximum atomic E-state index is 11.1. The number of aryl methyl sites for hydroxylation is 1. The first-order chi connectivity index (χ1) is 7.33. The highest BCUT2D eigenvalue weighted by atomic mass is 31.2. The van der Waals surface area contributed by atoms with E-state index in [2.05, 4.69) is 0 Å². The van der Waals surface area contributed by atoms with Crippen molar-refractivity contribution in [3.05, 3.63) is 33.9 Å². The van der Waals surface area contributed by atoms with E-state index in [4.69, 9.17) is 9.42 Å². The SMILES string of the molecule is CCc1cc([N+](=O)[O-])ccc1OP(C)(=O)O. The number of hydrogen-bond acceptors (Lipinski definition) is 4. The fourth-order valence-electron chi connectivity index (χ4n) is 1.23. The molecule has 0 saturated carbocycles. The summed E-state index contributed by atoms with van der Waals surface area (Å²) in [7, 11) is -3.64. The molecule has 1 aromatic carbocycles. The van der Waals surface area contributed by atoms with E-state index < -0.39 is 12.5 Å². The molecule has 0 aliphatic rings. The quantitative estimate of drug-likeness (QED) is 0.499. The van der Waals surface area contributed by atoms with Crippen LogP contribution in [0.25, 0.3) is 0 Å². The van der Waals surface area contributed by atoms with Crippen molar-refractivity contribution in [2.24, 2.45) is 0 Å². The number of hydrogen-bond donors (Lipinski definition) is 1. The third-order valence-corrected chi connectivity index (χ3v) is 2.44. The molecule has 0 saturated heterocycles. The van der Waals surface area contributed by atoms with E-state index in [1.165, 1.54) is 18.2 Å². The maximum Gasteiger partial charge on any atom is 0.373 e. The lowest BCUT2D eigenvalue weighted by Crippen LogP contribution is -1.96. The average molecular weight is 245 g/mol. The van der Waals surface area contributed by atoms with Crippen LogP contribution in [0.5, 0.6) is 5.75 Å². The van der Waals surface area contributed by atoms with Gasteiger partial charge in [0.1, 0.15) is 5.75 Å². The average Bonchev–Trinajstić information content (AvgIpc) is 2.15. The predicted octanol–water partition coefficient (Wildman–Crippen LogP) is 2.35. The summed E-state index contributed by atoms with van der Waals surface area (Å²) in [5, 5.41) is 10.5. The van der Waals surface area contributed by atoms with Crippen LogP contribution in [0.3, 0.4) is 0 Å². The minimum atomic E-state index is -3.64. The highest BCUT2D eigenvalue weighted by Crippen LogP contribution is 2.40. The van der Waals surface area contributed by atoms with Gasteiger partial charge in [0, 0.05) is 24.4 Å². The van der Waals surface area contributed by atoms with Crippen LogP contribution in [0.1, 0.15) is 12.5 Å². The Bertz CT molecular complexity index is 453. The zero-order valence-corrected chi connectivity index (χ0v) is 9.81. The van der Waals surface area contributed by atoms with Gasteiger partial charge in [0.15, 0.2) is 0 Å². The van der Waals surface area contributed by atoms with Gasteiger partial charge in [-0.05, 0) is 12.5 Å². The van der Waals surface area contributed by atoms with Gasteiger partial charge < -0.3 is 9.42 Å². The number of benzene rings is 1. The highest BCUT2D eigenvalue weighted by molar-refractivity contribution is 7.52. The van der Waals surface area contributed by atoms with Gasteiger partial charge in [-0.2, -0.15) is 0 Å². The number of non-ortho nitro benzene ring substituents is 1. The molecule has 0 fully saturated rings. The van der Waals surface area contributed by atoms with Gasteiger partial charge in [-0.15, -0.1) is 0 Å². The molecule has 0 amide bonds.